The summed E-state index contributed by atoms with van der Waals surface area (Å²) in [7, 11) is 0. The molecule has 0 saturated heterocycles. The molecule has 0 bridgehead atoms. The van der Waals surface area contributed by atoms with Crippen LogP contribution < -0.4 is 14.8 Å². The lowest BCUT2D eigenvalue weighted by Crippen LogP contribution is -2.30. The molecule has 0 unspecified atom stereocenters. The molecule has 0 radical (unpaired) electrons. The third kappa shape index (κ3) is 3.45. The number of fused-ring (bicyclic) bond motifs is 1. The SMILES string of the molecule is CCOc1cc2c(cc1OCC)[C@H](c1cc(C)c(O)c(C)c1)NCC2. The zero-order chi connectivity index (χ0) is 18.0. The summed E-state index contributed by atoms with van der Waals surface area (Å²) in [5.74, 6) is 1.99. The summed E-state index contributed by atoms with van der Waals surface area (Å²) in [4.78, 5) is 0. The van der Waals surface area contributed by atoms with Crippen LogP contribution in [-0.4, -0.2) is 24.9 Å². The smallest absolute Gasteiger partial charge is 0.161 e. The number of benzene rings is 2. The van der Waals surface area contributed by atoms with Crippen LogP contribution in [0.15, 0.2) is 24.3 Å². The Bertz CT molecular complexity index is 747. The van der Waals surface area contributed by atoms with Crippen molar-refractivity contribution in [2.75, 3.05) is 19.8 Å². The Kier molecular flexibility index (Phi) is 5.19. The van der Waals surface area contributed by atoms with Gasteiger partial charge in [0, 0.05) is 6.54 Å². The van der Waals surface area contributed by atoms with Gasteiger partial charge in [0.05, 0.1) is 19.3 Å². The lowest BCUT2D eigenvalue weighted by Gasteiger charge is -2.29. The first-order chi connectivity index (χ1) is 12.0. The number of aromatic hydroxyl groups is 1. The van der Waals surface area contributed by atoms with E-state index in [0.29, 0.717) is 19.0 Å². The summed E-state index contributed by atoms with van der Waals surface area (Å²) in [6.07, 6.45) is 0.967. The molecule has 1 aliphatic heterocycles. The maximum absolute atomic E-state index is 10.1. The van der Waals surface area contributed by atoms with Crippen molar-refractivity contribution in [3.05, 3.63) is 52.1 Å². The minimum absolute atomic E-state index is 0.0941. The van der Waals surface area contributed by atoms with Crippen molar-refractivity contribution in [1.82, 2.24) is 5.32 Å². The Balaban J connectivity index is 2.08. The first-order valence-electron chi connectivity index (χ1n) is 9.01. The highest BCUT2D eigenvalue weighted by Crippen LogP contribution is 2.39. The van der Waals surface area contributed by atoms with Gasteiger partial charge in [0.25, 0.3) is 0 Å². The molecule has 2 N–H and O–H groups in total. The summed E-state index contributed by atoms with van der Waals surface area (Å²) in [5, 5.41) is 13.7. The van der Waals surface area contributed by atoms with Crippen LogP contribution >= 0.6 is 0 Å². The number of hydrogen-bond acceptors (Lipinski definition) is 4. The number of rotatable bonds is 5. The minimum Gasteiger partial charge on any atom is -0.507 e. The van der Waals surface area contributed by atoms with Crippen molar-refractivity contribution in [3.8, 4) is 17.2 Å². The van der Waals surface area contributed by atoms with E-state index in [1.165, 1.54) is 16.7 Å². The molecule has 2 aromatic rings. The molecule has 4 nitrogen and oxygen atoms in total. The second-order valence-corrected chi connectivity index (χ2v) is 6.50. The fraction of sp³-hybridized carbons (Fsp3) is 0.429. The number of hydrogen-bond donors (Lipinski definition) is 2. The van der Waals surface area contributed by atoms with Gasteiger partial charge >= 0.3 is 0 Å². The maximum atomic E-state index is 10.1. The third-order valence-electron chi connectivity index (χ3n) is 4.71. The van der Waals surface area contributed by atoms with Crippen molar-refractivity contribution in [3.63, 3.8) is 0 Å². The predicted octanol–water partition coefficient (Wildman–Crippen LogP) is 4.04. The topological polar surface area (TPSA) is 50.7 Å². The van der Waals surface area contributed by atoms with E-state index in [2.05, 4.69) is 29.6 Å². The lowest BCUT2D eigenvalue weighted by atomic mass is 9.88. The first-order valence-corrected chi connectivity index (χ1v) is 9.01. The van der Waals surface area contributed by atoms with E-state index in [0.717, 1.165) is 35.6 Å². The average molecular weight is 341 g/mol. The van der Waals surface area contributed by atoms with Gasteiger partial charge in [-0.05, 0) is 74.1 Å². The standard InChI is InChI=1S/C21H27NO3/c1-5-24-18-11-15-7-8-22-20(17(15)12-19(18)25-6-2)16-9-13(3)21(23)14(4)10-16/h9-12,20,22-23H,5-8H2,1-4H3/t20-/m0/s1. The first kappa shape index (κ1) is 17.6. The van der Waals surface area contributed by atoms with Crippen LogP contribution in [0.3, 0.4) is 0 Å². The van der Waals surface area contributed by atoms with Gasteiger partial charge < -0.3 is 19.9 Å². The quantitative estimate of drug-likeness (QED) is 0.862. The molecule has 134 valence electrons. The second-order valence-electron chi connectivity index (χ2n) is 6.50. The predicted molar refractivity (Wildman–Crippen MR) is 99.9 cm³/mol. The molecule has 0 saturated carbocycles. The molecular weight excluding hydrogens is 314 g/mol. The monoisotopic (exact) mass is 341 g/mol. The van der Waals surface area contributed by atoms with Gasteiger partial charge in [0.1, 0.15) is 5.75 Å². The molecule has 0 amide bonds. The van der Waals surface area contributed by atoms with Gasteiger partial charge in [0.15, 0.2) is 11.5 Å². The molecule has 1 heterocycles. The van der Waals surface area contributed by atoms with Crippen molar-refractivity contribution in [2.24, 2.45) is 0 Å². The van der Waals surface area contributed by atoms with E-state index in [9.17, 15) is 5.11 Å². The molecule has 25 heavy (non-hydrogen) atoms. The van der Waals surface area contributed by atoms with Gasteiger partial charge in [-0.1, -0.05) is 12.1 Å². The summed E-state index contributed by atoms with van der Waals surface area (Å²) in [6, 6.07) is 8.45. The van der Waals surface area contributed by atoms with Crippen LogP contribution in [0.25, 0.3) is 0 Å². The van der Waals surface area contributed by atoms with E-state index >= 15 is 0 Å². The highest BCUT2D eigenvalue weighted by molar-refractivity contribution is 5.53. The Morgan fingerprint density at radius 1 is 1.00 bits per heavy atom. The van der Waals surface area contributed by atoms with Crippen molar-refractivity contribution in [1.29, 1.82) is 0 Å². The summed E-state index contributed by atoms with van der Waals surface area (Å²) >= 11 is 0. The molecule has 0 fully saturated rings. The average Bonchev–Trinajstić information content (AvgIpc) is 2.59. The van der Waals surface area contributed by atoms with E-state index in [1.54, 1.807) is 0 Å². The molecule has 0 spiro atoms. The van der Waals surface area contributed by atoms with E-state index < -0.39 is 0 Å². The van der Waals surface area contributed by atoms with Crippen molar-refractivity contribution in [2.45, 2.75) is 40.2 Å². The van der Waals surface area contributed by atoms with Crippen LogP contribution in [0.4, 0.5) is 0 Å². The molecule has 0 aliphatic carbocycles. The van der Waals surface area contributed by atoms with E-state index in [4.69, 9.17) is 9.47 Å². The molecule has 0 aromatic heterocycles. The molecular formula is C21H27NO3. The van der Waals surface area contributed by atoms with Gasteiger partial charge in [-0.2, -0.15) is 0 Å². The lowest BCUT2D eigenvalue weighted by molar-refractivity contribution is 0.286. The highest BCUT2D eigenvalue weighted by atomic mass is 16.5. The fourth-order valence-electron chi connectivity index (χ4n) is 3.55. The van der Waals surface area contributed by atoms with E-state index in [1.807, 2.05) is 27.7 Å². The zero-order valence-electron chi connectivity index (χ0n) is 15.5. The Hall–Kier alpha value is -2.20. The number of phenolic OH excluding ortho intramolecular Hbond substituents is 1. The van der Waals surface area contributed by atoms with E-state index in [-0.39, 0.29) is 6.04 Å². The number of ether oxygens (including phenoxy) is 2. The van der Waals surface area contributed by atoms with Crippen LogP contribution in [0, 0.1) is 13.8 Å². The van der Waals surface area contributed by atoms with Crippen LogP contribution in [0.2, 0.25) is 0 Å². The van der Waals surface area contributed by atoms with Gasteiger partial charge in [-0.3, -0.25) is 0 Å². The Morgan fingerprint density at radius 3 is 2.20 bits per heavy atom. The van der Waals surface area contributed by atoms with Crippen LogP contribution in [0.1, 0.15) is 47.7 Å². The van der Waals surface area contributed by atoms with Crippen molar-refractivity contribution >= 4 is 0 Å². The summed E-state index contributed by atoms with van der Waals surface area (Å²) in [5.41, 5.74) is 5.49. The molecule has 1 aliphatic rings. The number of phenols is 1. The van der Waals surface area contributed by atoms with Crippen molar-refractivity contribution < 1.29 is 14.6 Å². The Morgan fingerprint density at radius 2 is 1.60 bits per heavy atom. The van der Waals surface area contributed by atoms with Gasteiger partial charge in [-0.25, -0.2) is 0 Å². The zero-order valence-corrected chi connectivity index (χ0v) is 15.5. The third-order valence-corrected chi connectivity index (χ3v) is 4.71. The normalized spacial score (nSPS) is 16.4. The molecule has 1 atom stereocenters. The van der Waals surface area contributed by atoms with Crippen LogP contribution in [-0.2, 0) is 6.42 Å². The molecule has 4 heteroatoms. The molecule has 2 aromatic carbocycles. The maximum Gasteiger partial charge on any atom is 0.161 e. The minimum atomic E-state index is 0.0941. The second kappa shape index (κ2) is 7.36. The largest absolute Gasteiger partial charge is 0.507 e. The van der Waals surface area contributed by atoms with Gasteiger partial charge in [0.2, 0.25) is 0 Å². The summed E-state index contributed by atoms with van der Waals surface area (Å²) in [6.45, 7) is 10.00. The fourth-order valence-corrected chi connectivity index (χ4v) is 3.55. The van der Waals surface area contributed by atoms with Crippen LogP contribution in [0.5, 0.6) is 17.2 Å². The number of aryl methyl sites for hydroxylation is 2. The van der Waals surface area contributed by atoms with Gasteiger partial charge in [-0.15, -0.1) is 0 Å². The number of nitrogens with one attached hydrogen (secondary N) is 1. The summed E-state index contributed by atoms with van der Waals surface area (Å²) < 4.78 is 11.6. The highest BCUT2D eigenvalue weighted by Gasteiger charge is 2.25. The Labute approximate surface area is 149 Å². The molecule has 3 rings (SSSR count).